The van der Waals surface area contributed by atoms with Gasteiger partial charge in [-0.05, 0) is 30.4 Å². The maximum atomic E-state index is 12.2. The molecule has 0 saturated carbocycles. The van der Waals surface area contributed by atoms with E-state index in [-0.39, 0.29) is 24.2 Å². The molecule has 0 aliphatic carbocycles. The SMILES string of the molecule is CCCSCCNC(=O)[C@@H]1CC(=O)N(c2ccc(OC)c(Cl)c2)C1. The zero-order valence-electron chi connectivity index (χ0n) is 14.0. The molecule has 1 aliphatic rings. The molecule has 0 radical (unpaired) electrons. The van der Waals surface area contributed by atoms with Crippen LogP contribution in [0.3, 0.4) is 0 Å². The number of hydrogen-bond donors (Lipinski definition) is 1. The number of nitrogens with zero attached hydrogens (tertiary/aromatic N) is 1. The fourth-order valence-corrected chi connectivity index (χ4v) is 3.58. The largest absolute Gasteiger partial charge is 0.495 e. The van der Waals surface area contributed by atoms with Crippen molar-refractivity contribution in [3.63, 3.8) is 0 Å². The highest BCUT2D eigenvalue weighted by molar-refractivity contribution is 7.99. The van der Waals surface area contributed by atoms with E-state index >= 15 is 0 Å². The molecule has 1 atom stereocenters. The maximum Gasteiger partial charge on any atom is 0.227 e. The minimum Gasteiger partial charge on any atom is -0.495 e. The molecule has 0 bridgehead atoms. The summed E-state index contributed by atoms with van der Waals surface area (Å²) in [6.45, 7) is 3.16. The van der Waals surface area contributed by atoms with Gasteiger partial charge in [-0.1, -0.05) is 18.5 Å². The van der Waals surface area contributed by atoms with Crippen molar-refractivity contribution < 1.29 is 14.3 Å². The average Bonchev–Trinajstić information content (AvgIpc) is 2.96. The Morgan fingerprint density at radius 3 is 2.92 bits per heavy atom. The lowest BCUT2D eigenvalue weighted by atomic mass is 10.1. The van der Waals surface area contributed by atoms with Gasteiger partial charge >= 0.3 is 0 Å². The summed E-state index contributed by atoms with van der Waals surface area (Å²) in [7, 11) is 1.54. The Kier molecular flexibility index (Phi) is 7.24. The molecule has 2 amide bonds. The van der Waals surface area contributed by atoms with E-state index in [2.05, 4.69) is 12.2 Å². The van der Waals surface area contributed by atoms with E-state index in [0.717, 1.165) is 17.9 Å². The van der Waals surface area contributed by atoms with Crippen molar-refractivity contribution in [2.24, 2.45) is 5.92 Å². The van der Waals surface area contributed by atoms with E-state index in [4.69, 9.17) is 16.3 Å². The minimum atomic E-state index is -0.311. The number of benzene rings is 1. The fraction of sp³-hybridized carbons (Fsp3) is 0.529. The molecule has 132 valence electrons. The second-order valence-electron chi connectivity index (χ2n) is 5.63. The molecule has 1 aromatic carbocycles. The highest BCUT2D eigenvalue weighted by Crippen LogP contribution is 2.32. The molecule has 0 spiro atoms. The van der Waals surface area contributed by atoms with Gasteiger partial charge in [-0.3, -0.25) is 9.59 Å². The predicted molar refractivity (Wildman–Crippen MR) is 99.1 cm³/mol. The van der Waals surface area contributed by atoms with Crippen molar-refractivity contribution in [3.05, 3.63) is 23.2 Å². The Bertz CT molecular complexity index is 597. The number of halogens is 1. The summed E-state index contributed by atoms with van der Waals surface area (Å²) < 4.78 is 5.12. The number of methoxy groups -OCH3 is 1. The van der Waals surface area contributed by atoms with Crippen LogP contribution in [0.25, 0.3) is 0 Å². The lowest BCUT2D eigenvalue weighted by molar-refractivity contribution is -0.126. The van der Waals surface area contributed by atoms with Gasteiger partial charge in [0.05, 0.1) is 18.1 Å². The molecule has 0 aromatic heterocycles. The molecule has 1 heterocycles. The first kappa shape index (κ1) is 18.9. The third-order valence-electron chi connectivity index (χ3n) is 3.84. The van der Waals surface area contributed by atoms with Crippen molar-refractivity contribution in [1.29, 1.82) is 0 Å². The molecule has 2 rings (SSSR count). The van der Waals surface area contributed by atoms with Crippen LogP contribution in [0.15, 0.2) is 18.2 Å². The standard InChI is InChI=1S/C17H23ClN2O3S/c1-3-7-24-8-6-19-17(22)12-9-16(21)20(11-12)13-4-5-15(23-2)14(18)10-13/h4-5,10,12H,3,6-9,11H2,1-2H3,(H,19,22)/t12-/m1/s1. The molecule has 1 fully saturated rings. The summed E-state index contributed by atoms with van der Waals surface area (Å²) in [4.78, 5) is 26.1. The molecule has 1 saturated heterocycles. The summed E-state index contributed by atoms with van der Waals surface area (Å²) in [6, 6.07) is 5.20. The van der Waals surface area contributed by atoms with Crippen molar-refractivity contribution in [3.8, 4) is 5.75 Å². The van der Waals surface area contributed by atoms with Crippen LogP contribution >= 0.6 is 23.4 Å². The number of hydrogen-bond acceptors (Lipinski definition) is 4. The first-order valence-electron chi connectivity index (χ1n) is 8.06. The number of nitrogens with one attached hydrogen (secondary N) is 1. The van der Waals surface area contributed by atoms with E-state index in [0.29, 0.717) is 29.5 Å². The Morgan fingerprint density at radius 2 is 2.25 bits per heavy atom. The Hall–Kier alpha value is -1.40. The first-order chi connectivity index (χ1) is 11.6. The highest BCUT2D eigenvalue weighted by atomic mass is 35.5. The second-order valence-corrected chi connectivity index (χ2v) is 7.26. The van der Waals surface area contributed by atoms with Crippen molar-refractivity contribution in [2.45, 2.75) is 19.8 Å². The molecule has 1 aromatic rings. The zero-order valence-corrected chi connectivity index (χ0v) is 15.6. The molecule has 0 unspecified atom stereocenters. The van der Waals surface area contributed by atoms with Crippen LogP contribution in [0.1, 0.15) is 19.8 Å². The van der Waals surface area contributed by atoms with Gasteiger partial charge in [0, 0.05) is 31.0 Å². The van der Waals surface area contributed by atoms with Gasteiger partial charge < -0.3 is 15.0 Å². The smallest absolute Gasteiger partial charge is 0.227 e. The van der Waals surface area contributed by atoms with Gasteiger partial charge in [0.25, 0.3) is 0 Å². The van der Waals surface area contributed by atoms with Crippen LogP contribution in [-0.4, -0.2) is 43.5 Å². The molecule has 24 heavy (non-hydrogen) atoms. The highest BCUT2D eigenvalue weighted by Gasteiger charge is 2.35. The number of amides is 2. The van der Waals surface area contributed by atoms with E-state index < -0.39 is 0 Å². The van der Waals surface area contributed by atoms with Crippen molar-refractivity contribution >= 4 is 40.9 Å². The number of carbonyl (C=O) groups is 2. The third kappa shape index (κ3) is 4.80. The van der Waals surface area contributed by atoms with E-state index in [1.165, 1.54) is 0 Å². The number of thioether (sulfide) groups is 1. The summed E-state index contributed by atoms with van der Waals surface area (Å²) in [5, 5.41) is 3.37. The van der Waals surface area contributed by atoms with Gasteiger partial charge in [-0.15, -0.1) is 0 Å². The van der Waals surface area contributed by atoms with Crippen molar-refractivity contribution in [2.75, 3.05) is 36.6 Å². The van der Waals surface area contributed by atoms with Crippen LogP contribution < -0.4 is 15.0 Å². The lowest BCUT2D eigenvalue weighted by Gasteiger charge is -2.17. The van der Waals surface area contributed by atoms with Crippen LogP contribution in [0.5, 0.6) is 5.75 Å². The van der Waals surface area contributed by atoms with E-state index in [1.54, 1.807) is 30.2 Å². The molecule has 5 nitrogen and oxygen atoms in total. The Balaban J connectivity index is 1.90. The third-order valence-corrected chi connectivity index (χ3v) is 5.32. The molecular weight excluding hydrogens is 348 g/mol. The van der Waals surface area contributed by atoms with Crippen LogP contribution in [-0.2, 0) is 9.59 Å². The molecule has 7 heteroatoms. The fourth-order valence-electron chi connectivity index (χ4n) is 2.59. The summed E-state index contributed by atoms with van der Waals surface area (Å²) in [6.07, 6.45) is 1.37. The van der Waals surface area contributed by atoms with Crippen molar-refractivity contribution in [1.82, 2.24) is 5.32 Å². The van der Waals surface area contributed by atoms with Gasteiger partial charge in [-0.25, -0.2) is 0 Å². The summed E-state index contributed by atoms with van der Waals surface area (Å²) in [5.74, 6) is 2.14. The monoisotopic (exact) mass is 370 g/mol. The van der Waals surface area contributed by atoms with E-state index in [1.807, 2.05) is 11.8 Å². The number of anilines is 1. The zero-order chi connectivity index (χ0) is 17.5. The predicted octanol–water partition coefficient (Wildman–Crippen LogP) is 2.96. The quantitative estimate of drug-likeness (QED) is 0.715. The van der Waals surface area contributed by atoms with E-state index in [9.17, 15) is 9.59 Å². The lowest BCUT2D eigenvalue weighted by Crippen LogP contribution is -2.34. The second kappa shape index (κ2) is 9.18. The minimum absolute atomic E-state index is 0.0532. The topological polar surface area (TPSA) is 58.6 Å². The van der Waals surface area contributed by atoms with Crippen LogP contribution in [0.2, 0.25) is 5.02 Å². The number of ether oxygens (including phenoxy) is 1. The molecule has 1 aliphatic heterocycles. The Morgan fingerprint density at radius 1 is 1.46 bits per heavy atom. The maximum absolute atomic E-state index is 12.2. The number of rotatable bonds is 8. The van der Waals surface area contributed by atoms with Crippen LogP contribution in [0.4, 0.5) is 5.69 Å². The van der Waals surface area contributed by atoms with Gasteiger partial charge in [0.2, 0.25) is 11.8 Å². The average molecular weight is 371 g/mol. The normalized spacial score (nSPS) is 17.2. The summed E-state index contributed by atoms with van der Waals surface area (Å²) in [5.41, 5.74) is 0.694. The Labute approximate surface area is 152 Å². The number of carbonyl (C=O) groups excluding carboxylic acids is 2. The van der Waals surface area contributed by atoms with Gasteiger partial charge in [0.1, 0.15) is 5.75 Å². The van der Waals surface area contributed by atoms with Crippen LogP contribution in [0, 0.1) is 5.92 Å². The molecule has 1 N–H and O–H groups in total. The summed E-state index contributed by atoms with van der Waals surface area (Å²) >= 11 is 7.94. The van der Waals surface area contributed by atoms with Gasteiger partial charge in [0.15, 0.2) is 0 Å². The molecular formula is C17H23ClN2O3S. The first-order valence-corrected chi connectivity index (χ1v) is 9.59. The van der Waals surface area contributed by atoms with Gasteiger partial charge in [-0.2, -0.15) is 11.8 Å².